The fraction of sp³-hybridized carbons (Fsp3) is 0.294. The molecule has 23 heavy (non-hydrogen) atoms. The largest absolute Gasteiger partial charge is 0.462 e. The van der Waals surface area contributed by atoms with Gasteiger partial charge in [-0.1, -0.05) is 25.1 Å². The number of para-hydroxylation sites is 1. The summed E-state index contributed by atoms with van der Waals surface area (Å²) >= 11 is 1.40. The lowest BCUT2D eigenvalue weighted by Gasteiger charge is -2.08. The van der Waals surface area contributed by atoms with Crippen molar-refractivity contribution in [3.8, 4) is 0 Å². The number of aryl methyl sites for hydroxylation is 1. The van der Waals surface area contributed by atoms with E-state index in [0.717, 1.165) is 17.0 Å². The van der Waals surface area contributed by atoms with Gasteiger partial charge in [-0.25, -0.2) is 4.79 Å². The minimum Gasteiger partial charge on any atom is -0.462 e. The van der Waals surface area contributed by atoms with E-state index >= 15 is 0 Å². The van der Waals surface area contributed by atoms with Crippen LogP contribution in [0.2, 0.25) is 0 Å². The Bertz CT molecular complexity index is 668. The van der Waals surface area contributed by atoms with Gasteiger partial charge in [0.2, 0.25) is 5.91 Å². The first-order valence-electron chi connectivity index (χ1n) is 7.52. The van der Waals surface area contributed by atoms with Crippen LogP contribution in [0.1, 0.15) is 29.1 Å². The maximum Gasteiger partial charge on any atom is 0.341 e. The molecule has 0 spiro atoms. The molecule has 2 aromatic rings. The number of thiophene rings is 1. The van der Waals surface area contributed by atoms with Crippen LogP contribution < -0.4 is 10.6 Å². The van der Waals surface area contributed by atoms with Crippen LogP contribution in [0.25, 0.3) is 0 Å². The van der Waals surface area contributed by atoms with Gasteiger partial charge in [-0.3, -0.25) is 4.79 Å². The van der Waals surface area contributed by atoms with Crippen molar-refractivity contribution in [2.75, 3.05) is 23.8 Å². The second-order valence-electron chi connectivity index (χ2n) is 4.80. The highest BCUT2D eigenvalue weighted by molar-refractivity contribution is 7.16. The second kappa shape index (κ2) is 8.33. The molecule has 1 heterocycles. The molecule has 1 aromatic heterocycles. The Morgan fingerprint density at radius 3 is 2.57 bits per heavy atom. The average molecular weight is 332 g/mol. The number of ether oxygens (including phenoxy) is 1. The molecule has 2 rings (SSSR count). The van der Waals surface area contributed by atoms with E-state index in [0.29, 0.717) is 17.2 Å². The third-order valence-electron chi connectivity index (χ3n) is 3.11. The number of amides is 1. The highest BCUT2D eigenvalue weighted by Gasteiger charge is 2.18. The minimum atomic E-state index is -0.408. The van der Waals surface area contributed by atoms with E-state index in [1.165, 1.54) is 11.3 Å². The Morgan fingerprint density at radius 1 is 1.17 bits per heavy atom. The summed E-state index contributed by atoms with van der Waals surface area (Å²) < 4.78 is 5.04. The summed E-state index contributed by atoms with van der Waals surface area (Å²) in [6.07, 6.45) is 0.801. The SMILES string of the molecule is CCOC(=O)c1cc(CC)sc1NC(=O)CNc1ccccc1. The van der Waals surface area contributed by atoms with Crippen molar-refractivity contribution in [1.82, 2.24) is 0 Å². The summed E-state index contributed by atoms with van der Waals surface area (Å²) in [6.45, 7) is 4.20. The third-order valence-corrected chi connectivity index (χ3v) is 4.30. The summed E-state index contributed by atoms with van der Waals surface area (Å²) in [5.41, 5.74) is 1.29. The normalized spacial score (nSPS) is 10.2. The van der Waals surface area contributed by atoms with Crippen molar-refractivity contribution in [3.05, 3.63) is 46.8 Å². The lowest BCUT2D eigenvalue weighted by molar-refractivity contribution is -0.114. The maximum atomic E-state index is 12.1. The molecule has 0 saturated carbocycles. The average Bonchev–Trinajstić information content (AvgIpc) is 2.97. The number of hydrogen-bond donors (Lipinski definition) is 2. The molecule has 122 valence electrons. The molecular formula is C17H20N2O3S. The van der Waals surface area contributed by atoms with Crippen LogP contribution in [0.4, 0.5) is 10.7 Å². The Balaban J connectivity index is 2.02. The predicted octanol–water partition coefficient (Wildman–Crippen LogP) is 3.54. The number of nitrogens with one attached hydrogen (secondary N) is 2. The first-order chi connectivity index (χ1) is 11.1. The van der Waals surface area contributed by atoms with Gasteiger partial charge in [0.15, 0.2) is 0 Å². The number of carbonyl (C=O) groups is 2. The molecule has 0 aliphatic rings. The minimum absolute atomic E-state index is 0.131. The summed E-state index contributed by atoms with van der Waals surface area (Å²) in [6, 6.07) is 11.3. The number of esters is 1. The first-order valence-corrected chi connectivity index (χ1v) is 8.34. The number of rotatable bonds is 7. The van der Waals surface area contributed by atoms with Crippen LogP contribution in [0.3, 0.4) is 0 Å². The van der Waals surface area contributed by atoms with Gasteiger partial charge in [-0.15, -0.1) is 11.3 Å². The van der Waals surface area contributed by atoms with Gasteiger partial charge in [0.25, 0.3) is 0 Å². The molecule has 0 aliphatic carbocycles. The molecule has 0 saturated heterocycles. The van der Waals surface area contributed by atoms with Gasteiger partial charge in [0, 0.05) is 10.6 Å². The zero-order valence-corrected chi connectivity index (χ0v) is 14.0. The summed E-state index contributed by atoms with van der Waals surface area (Å²) in [4.78, 5) is 25.1. The lowest BCUT2D eigenvalue weighted by Crippen LogP contribution is -2.22. The summed E-state index contributed by atoms with van der Waals surface area (Å²) in [5.74, 6) is -0.612. The monoisotopic (exact) mass is 332 g/mol. The molecule has 0 atom stereocenters. The Morgan fingerprint density at radius 2 is 1.91 bits per heavy atom. The van der Waals surface area contributed by atoms with E-state index in [2.05, 4.69) is 10.6 Å². The van der Waals surface area contributed by atoms with Crippen molar-refractivity contribution < 1.29 is 14.3 Å². The van der Waals surface area contributed by atoms with Crippen molar-refractivity contribution in [1.29, 1.82) is 0 Å². The van der Waals surface area contributed by atoms with E-state index < -0.39 is 5.97 Å². The zero-order valence-electron chi connectivity index (χ0n) is 13.2. The van der Waals surface area contributed by atoms with Gasteiger partial charge < -0.3 is 15.4 Å². The van der Waals surface area contributed by atoms with Crippen LogP contribution >= 0.6 is 11.3 Å². The van der Waals surface area contributed by atoms with Crippen molar-refractivity contribution in [3.63, 3.8) is 0 Å². The van der Waals surface area contributed by atoms with Crippen LogP contribution in [0.15, 0.2) is 36.4 Å². The maximum absolute atomic E-state index is 12.1. The molecule has 0 fully saturated rings. The van der Waals surface area contributed by atoms with E-state index in [-0.39, 0.29) is 12.5 Å². The van der Waals surface area contributed by atoms with Crippen molar-refractivity contribution in [2.45, 2.75) is 20.3 Å². The number of hydrogen-bond acceptors (Lipinski definition) is 5. The fourth-order valence-corrected chi connectivity index (χ4v) is 2.98. The first kappa shape index (κ1) is 17.0. The second-order valence-corrected chi connectivity index (χ2v) is 5.93. The molecule has 0 unspecified atom stereocenters. The quantitative estimate of drug-likeness (QED) is 0.761. The highest BCUT2D eigenvalue weighted by atomic mass is 32.1. The standard InChI is InChI=1S/C17H20N2O3S/c1-3-13-10-14(17(21)22-4-2)16(23-13)19-15(20)11-18-12-8-6-5-7-9-12/h5-10,18H,3-4,11H2,1-2H3,(H,19,20). The van der Waals surface area contributed by atoms with Gasteiger partial charge in [-0.2, -0.15) is 0 Å². The summed E-state index contributed by atoms with van der Waals surface area (Å²) in [7, 11) is 0. The van der Waals surface area contributed by atoms with Crippen LogP contribution in [0.5, 0.6) is 0 Å². The van der Waals surface area contributed by atoms with Gasteiger partial charge >= 0.3 is 5.97 Å². The van der Waals surface area contributed by atoms with Gasteiger partial charge in [0.1, 0.15) is 5.00 Å². The van der Waals surface area contributed by atoms with E-state index in [9.17, 15) is 9.59 Å². The van der Waals surface area contributed by atoms with E-state index in [1.807, 2.05) is 37.3 Å². The molecule has 0 bridgehead atoms. The van der Waals surface area contributed by atoms with Gasteiger partial charge in [-0.05, 0) is 31.5 Å². The number of anilines is 2. The van der Waals surface area contributed by atoms with Gasteiger partial charge in [0.05, 0.1) is 18.7 Å². The topological polar surface area (TPSA) is 67.4 Å². The highest BCUT2D eigenvalue weighted by Crippen LogP contribution is 2.29. The fourth-order valence-electron chi connectivity index (χ4n) is 1.98. The smallest absolute Gasteiger partial charge is 0.341 e. The van der Waals surface area contributed by atoms with Crippen LogP contribution in [-0.4, -0.2) is 25.0 Å². The Hall–Kier alpha value is -2.34. The summed E-state index contributed by atoms with van der Waals surface area (Å²) in [5, 5.41) is 6.37. The third kappa shape index (κ3) is 4.82. The Labute approximate surface area is 139 Å². The van der Waals surface area contributed by atoms with Crippen molar-refractivity contribution in [2.24, 2.45) is 0 Å². The number of carbonyl (C=O) groups excluding carboxylic acids is 2. The molecule has 1 aromatic carbocycles. The predicted molar refractivity (Wildman–Crippen MR) is 93.2 cm³/mol. The molecular weight excluding hydrogens is 312 g/mol. The molecule has 6 heteroatoms. The van der Waals surface area contributed by atoms with Crippen LogP contribution in [-0.2, 0) is 16.0 Å². The molecule has 0 radical (unpaired) electrons. The molecule has 1 amide bonds. The Kier molecular flexibility index (Phi) is 6.17. The molecule has 0 aliphatic heterocycles. The van der Waals surface area contributed by atoms with E-state index in [4.69, 9.17) is 4.74 Å². The molecule has 5 nitrogen and oxygen atoms in total. The van der Waals surface area contributed by atoms with E-state index in [1.54, 1.807) is 13.0 Å². The number of benzene rings is 1. The zero-order chi connectivity index (χ0) is 16.7. The van der Waals surface area contributed by atoms with Crippen LogP contribution in [0, 0.1) is 0 Å². The lowest BCUT2D eigenvalue weighted by atomic mass is 10.2. The van der Waals surface area contributed by atoms with Crippen molar-refractivity contribution >= 4 is 33.9 Å². The molecule has 2 N–H and O–H groups in total.